The van der Waals surface area contributed by atoms with E-state index in [2.05, 4.69) is 5.32 Å². The molecule has 106 valence electrons. The van der Waals surface area contributed by atoms with Gasteiger partial charge in [0.1, 0.15) is 5.75 Å². The Labute approximate surface area is 123 Å². The highest BCUT2D eigenvalue weighted by Gasteiger charge is 2.26. The first kappa shape index (κ1) is 16.1. The molecule has 0 aliphatic carbocycles. The van der Waals surface area contributed by atoms with Crippen molar-refractivity contribution in [3.05, 3.63) is 28.8 Å². The fraction of sp³-hybridized carbons (Fsp3) is 0.500. The highest BCUT2D eigenvalue weighted by Crippen LogP contribution is 2.25. The number of halogens is 2. The minimum atomic E-state index is -0.343. The largest absolute Gasteiger partial charge is 0.507 e. The third-order valence-electron chi connectivity index (χ3n) is 2.95. The molecule has 0 bridgehead atoms. The van der Waals surface area contributed by atoms with Crippen LogP contribution in [0.5, 0.6) is 5.75 Å². The first-order chi connectivity index (χ1) is 8.75. The van der Waals surface area contributed by atoms with Crippen LogP contribution in [0.3, 0.4) is 0 Å². The summed E-state index contributed by atoms with van der Waals surface area (Å²) in [5.41, 5.74) is 0.0648. The van der Waals surface area contributed by atoms with Gasteiger partial charge in [0.15, 0.2) is 0 Å². The van der Waals surface area contributed by atoms with E-state index < -0.39 is 0 Å². The second-order valence-corrected chi connectivity index (χ2v) is 6.35. The summed E-state index contributed by atoms with van der Waals surface area (Å²) in [5, 5.41) is 13.0. The molecule has 0 aliphatic rings. The summed E-state index contributed by atoms with van der Waals surface area (Å²) >= 11 is 11.6. The van der Waals surface area contributed by atoms with Crippen molar-refractivity contribution >= 4 is 29.1 Å². The minimum Gasteiger partial charge on any atom is -0.507 e. The molecular formula is C14H19Cl2NO2. The number of nitrogens with one attached hydrogen (secondary N) is 1. The van der Waals surface area contributed by atoms with Crippen LogP contribution in [0.4, 0.5) is 0 Å². The molecule has 0 aliphatic heterocycles. The van der Waals surface area contributed by atoms with E-state index in [1.165, 1.54) is 18.2 Å². The molecule has 1 unspecified atom stereocenters. The molecular weight excluding hydrogens is 285 g/mol. The lowest BCUT2D eigenvalue weighted by Gasteiger charge is -2.31. The Kier molecular flexibility index (Phi) is 5.50. The minimum absolute atomic E-state index is 0.0733. The molecule has 0 radical (unpaired) electrons. The Hall–Kier alpha value is -0.930. The first-order valence-electron chi connectivity index (χ1n) is 6.11. The molecule has 0 saturated heterocycles. The van der Waals surface area contributed by atoms with Gasteiger partial charge in [0.05, 0.1) is 5.56 Å². The van der Waals surface area contributed by atoms with E-state index in [4.69, 9.17) is 23.2 Å². The summed E-state index contributed by atoms with van der Waals surface area (Å²) in [5.74, 6) is 0.0366. The summed E-state index contributed by atoms with van der Waals surface area (Å²) < 4.78 is 0. The van der Waals surface area contributed by atoms with Crippen molar-refractivity contribution in [1.29, 1.82) is 0 Å². The number of rotatable bonds is 4. The van der Waals surface area contributed by atoms with E-state index in [0.29, 0.717) is 17.3 Å². The molecule has 0 fully saturated rings. The smallest absolute Gasteiger partial charge is 0.255 e. The first-order valence-corrected chi connectivity index (χ1v) is 7.02. The van der Waals surface area contributed by atoms with Crippen LogP contribution in [0.2, 0.25) is 5.02 Å². The molecule has 0 aromatic heterocycles. The lowest BCUT2D eigenvalue weighted by molar-refractivity contribution is 0.0898. The van der Waals surface area contributed by atoms with E-state index in [0.717, 1.165) is 0 Å². The van der Waals surface area contributed by atoms with Gasteiger partial charge in [-0.25, -0.2) is 0 Å². The number of benzene rings is 1. The number of aromatic hydroxyl groups is 1. The second kappa shape index (κ2) is 6.49. The van der Waals surface area contributed by atoms with Crippen molar-refractivity contribution in [2.45, 2.75) is 33.2 Å². The number of phenols is 1. The van der Waals surface area contributed by atoms with Crippen LogP contribution >= 0.6 is 23.2 Å². The number of hydrogen-bond acceptors (Lipinski definition) is 2. The van der Waals surface area contributed by atoms with Crippen LogP contribution < -0.4 is 5.32 Å². The summed E-state index contributed by atoms with van der Waals surface area (Å²) in [6.07, 6.45) is 0.665. The average Bonchev–Trinajstić information content (AvgIpc) is 2.30. The number of alkyl halides is 1. The number of amides is 1. The van der Waals surface area contributed by atoms with Crippen molar-refractivity contribution < 1.29 is 9.90 Å². The normalized spacial score (nSPS) is 13.1. The zero-order valence-corrected chi connectivity index (χ0v) is 12.8. The SMILES string of the molecule is CC(C)(C)C(CCCl)NC(=O)c1cc(Cl)ccc1O. The Morgan fingerprint density at radius 1 is 1.42 bits per heavy atom. The maximum Gasteiger partial charge on any atom is 0.255 e. The number of phenolic OH excluding ortho intramolecular Hbond substituents is 1. The van der Waals surface area contributed by atoms with Gasteiger partial charge in [-0.15, -0.1) is 11.6 Å². The maximum atomic E-state index is 12.2. The Balaban J connectivity index is 2.91. The van der Waals surface area contributed by atoms with Gasteiger partial charge in [-0.2, -0.15) is 0 Å². The van der Waals surface area contributed by atoms with Gasteiger partial charge in [0.25, 0.3) is 5.91 Å². The predicted molar refractivity (Wildman–Crippen MR) is 79.2 cm³/mol. The quantitative estimate of drug-likeness (QED) is 0.831. The molecule has 5 heteroatoms. The third kappa shape index (κ3) is 4.59. The lowest BCUT2D eigenvalue weighted by atomic mass is 9.85. The van der Waals surface area contributed by atoms with Gasteiger partial charge >= 0.3 is 0 Å². The van der Waals surface area contributed by atoms with Gasteiger partial charge in [-0.3, -0.25) is 4.79 Å². The van der Waals surface area contributed by atoms with Crippen molar-refractivity contribution in [3.63, 3.8) is 0 Å². The van der Waals surface area contributed by atoms with E-state index >= 15 is 0 Å². The van der Waals surface area contributed by atoms with Crippen molar-refractivity contribution in [1.82, 2.24) is 5.32 Å². The van der Waals surface area contributed by atoms with E-state index in [-0.39, 0.29) is 28.7 Å². The fourth-order valence-electron chi connectivity index (χ4n) is 1.76. The van der Waals surface area contributed by atoms with Gasteiger partial charge in [-0.05, 0) is 30.0 Å². The van der Waals surface area contributed by atoms with Crippen LogP contribution in [-0.2, 0) is 0 Å². The fourth-order valence-corrected chi connectivity index (χ4v) is 2.15. The number of carbonyl (C=O) groups excluding carboxylic acids is 1. The maximum absolute atomic E-state index is 12.2. The van der Waals surface area contributed by atoms with E-state index in [1.807, 2.05) is 20.8 Å². The number of carbonyl (C=O) groups is 1. The highest BCUT2D eigenvalue weighted by atomic mass is 35.5. The summed E-state index contributed by atoms with van der Waals surface area (Å²) in [7, 11) is 0. The highest BCUT2D eigenvalue weighted by molar-refractivity contribution is 6.31. The molecule has 3 nitrogen and oxygen atoms in total. The van der Waals surface area contributed by atoms with E-state index in [1.54, 1.807) is 0 Å². The van der Waals surface area contributed by atoms with Crippen molar-refractivity contribution in [3.8, 4) is 5.75 Å². The van der Waals surface area contributed by atoms with Crippen LogP contribution in [-0.4, -0.2) is 22.9 Å². The Morgan fingerprint density at radius 3 is 2.58 bits per heavy atom. The molecule has 2 N–H and O–H groups in total. The molecule has 0 saturated carbocycles. The molecule has 19 heavy (non-hydrogen) atoms. The Bertz CT molecular complexity index is 455. The summed E-state index contributed by atoms with van der Waals surface area (Å²) in [6.45, 7) is 6.09. The molecule has 1 rings (SSSR count). The van der Waals surface area contributed by atoms with Crippen LogP contribution in [0, 0.1) is 5.41 Å². The lowest BCUT2D eigenvalue weighted by Crippen LogP contribution is -2.44. The predicted octanol–water partition coefficient (Wildman–Crippen LogP) is 3.82. The zero-order valence-electron chi connectivity index (χ0n) is 11.3. The summed E-state index contributed by atoms with van der Waals surface area (Å²) in [4.78, 5) is 12.2. The number of hydrogen-bond donors (Lipinski definition) is 2. The average molecular weight is 304 g/mol. The van der Waals surface area contributed by atoms with Gasteiger partial charge in [0.2, 0.25) is 0 Å². The van der Waals surface area contributed by atoms with Gasteiger partial charge < -0.3 is 10.4 Å². The molecule has 0 heterocycles. The van der Waals surface area contributed by atoms with E-state index in [9.17, 15) is 9.90 Å². The zero-order chi connectivity index (χ0) is 14.6. The Morgan fingerprint density at radius 2 is 2.05 bits per heavy atom. The molecule has 1 amide bonds. The van der Waals surface area contributed by atoms with Gasteiger partial charge in [-0.1, -0.05) is 32.4 Å². The third-order valence-corrected chi connectivity index (χ3v) is 3.41. The molecule has 1 aromatic rings. The van der Waals surface area contributed by atoms with Gasteiger partial charge in [0, 0.05) is 16.9 Å². The molecule has 1 aromatic carbocycles. The summed E-state index contributed by atoms with van der Waals surface area (Å²) in [6, 6.07) is 4.32. The van der Waals surface area contributed by atoms with Crippen LogP contribution in [0.25, 0.3) is 0 Å². The van der Waals surface area contributed by atoms with Crippen LogP contribution in [0.15, 0.2) is 18.2 Å². The monoisotopic (exact) mass is 303 g/mol. The van der Waals surface area contributed by atoms with Crippen molar-refractivity contribution in [2.75, 3.05) is 5.88 Å². The standard InChI is InChI=1S/C14H19Cl2NO2/c1-14(2,3)12(6-7-15)17-13(19)10-8-9(16)4-5-11(10)18/h4-5,8,12,18H,6-7H2,1-3H3,(H,17,19). The van der Waals surface area contributed by atoms with Crippen molar-refractivity contribution in [2.24, 2.45) is 5.41 Å². The molecule has 0 spiro atoms. The topological polar surface area (TPSA) is 49.3 Å². The second-order valence-electron chi connectivity index (χ2n) is 5.53. The van der Waals surface area contributed by atoms with Crippen LogP contribution in [0.1, 0.15) is 37.6 Å². The molecule has 1 atom stereocenters.